The molecule has 0 aliphatic carbocycles. The predicted octanol–water partition coefficient (Wildman–Crippen LogP) is 3.44. The smallest absolute Gasteiger partial charge is 0.123 e. The van der Waals surface area contributed by atoms with Gasteiger partial charge in [0.15, 0.2) is 0 Å². The number of halogens is 1. The predicted molar refractivity (Wildman–Crippen MR) is 65.2 cm³/mol. The summed E-state index contributed by atoms with van der Waals surface area (Å²) in [6.45, 7) is 5.66. The van der Waals surface area contributed by atoms with E-state index in [1.807, 2.05) is 0 Å². The van der Waals surface area contributed by atoms with Gasteiger partial charge in [-0.15, -0.1) is 0 Å². The average Bonchev–Trinajstić information content (AvgIpc) is 2.27. The lowest BCUT2D eigenvalue weighted by atomic mass is 10.2. The number of ether oxygens (including phenoxy) is 1. The largest absolute Gasteiger partial charge is 0.383 e. The highest BCUT2D eigenvalue weighted by atomic mass is 19.1. The molecule has 0 heterocycles. The first-order valence-electron chi connectivity index (χ1n) is 5.83. The minimum absolute atomic E-state index is 0.210. The first-order valence-corrected chi connectivity index (χ1v) is 5.83. The maximum atomic E-state index is 12.6. The molecular weight excluding hydrogens is 205 g/mol. The number of rotatable bonds is 7. The molecule has 0 aromatic heterocycles. The maximum Gasteiger partial charge on any atom is 0.123 e. The van der Waals surface area contributed by atoms with E-state index in [4.69, 9.17) is 4.74 Å². The number of hydrogen-bond donors (Lipinski definition) is 1. The van der Waals surface area contributed by atoms with E-state index in [2.05, 4.69) is 19.2 Å². The van der Waals surface area contributed by atoms with Crippen LogP contribution in [0.3, 0.4) is 0 Å². The molecule has 1 N–H and O–H groups in total. The molecule has 0 spiro atoms. The summed E-state index contributed by atoms with van der Waals surface area (Å²) < 4.78 is 18.2. The van der Waals surface area contributed by atoms with Gasteiger partial charge in [0.2, 0.25) is 0 Å². The summed E-state index contributed by atoms with van der Waals surface area (Å²) >= 11 is 0. The van der Waals surface area contributed by atoms with Crippen LogP contribution in [0.15, 0.2) is 24.3 Å². The third-order valence-corrected chi connectivity index (χ3v) is 2.37. The Labute approximate surface area is 96.8 Å². The topological polar surface area (TPSA) is 21.3 Å². The second kappa shape index (κ2) is 7.23. The van der Waals surface area contributed by atoms with Gasteiger partial charge < -0.3 is 10.1 Å². The SMILES string of the molecule is CCCC(C)OCCNc1ccc(F)cc1. The Kier molecular flexibility index (Phi) is 5.86. The minimum Gasteiger partial charge on any atom is -0.383 e. The Morgan fingerprint density at radius 3 is 2.62 bits per heavy atom. The second-order valence-electron chi connectivity index (χ2n) is 3.90. The zero-order valence-electron chi connectivity index (χ0n) is 10.0. The molecule has 0 aliphatic rings. The van der Waals surface area contributed by atoms with Gasteiger partial charge in [-0.05, 0) is 37.6 Å². The van der Waals surface area contributed by atoms with E-state index >= 15 is 0 Å². The van der Waals surface area contributed by atoms with Crippen LogP contribution in [0.1, 0.15) is 26.7 Å². The van der Waals surface area contributed by atoms with E-state index in [0.29, 0.717) is 12.7 Å². The van der Waals surface area contributed by atoms with Crippen LogP contribution in [0, 0.1) is 5.82 Å². The highest BCUT2D eigenvalue weighted by Crippen LogP contribution is 2.07. The molecule has 1 aromatic carbocycles. The van der Waals surface area contributed by atoms with Gasteiger partial charge in [0.1, 0.15) is 5.82 Å². The highest BCUT2D eigenvalue weighted by Gasteiger charge is 1.99. The fourth-order valence-electron chi connectivity index (χ4n) is 1.51. The van der Waals surface area contributed by atoms with E-state index in [9.17, 15) is 4.39 Å². The number of nitrogens with one attached hydrogen (secondary N) is 1. The zero-order chi connectivity index (χ0) is 11.8. The molecule has 0 saturated carbocycles. The van der Waals surface area contributed by atoms with Crippen molar-refractivity contribution in [1.29, 1.82) is 0 Å². The summed E-state index contributed by atoms with van der Waals surface area (Å²) in [6, 6.07) is 6.35. The average molecular weight is 225 g/mol. The molecule has 0 radical (unpaired) electrons. The van der Waals surface area contributed by atoms with Gasteiger partial charge in [0.05, 0.1) is 12.7 Å². The third-order valence-electron chi connectivity index (χ3n) is 2.37. The lowest BCUT2D eigenvalue weighted by molar-refractivity contribution is 0.0673. The molecule has 1 aromatic rings. The quantitative estimate of drug-likeness (QED) is 0.718. The van der Waals surface area contributed by atoms with Crippen molar-refractivity contribution in [3.05, 3.63) is 30.1 Å². The van der Waals surface area contributed by atoms with E-state index in [-0.39, 0.29) is 5.82 Å². The molecule has 3 heteroatoms. The lowest BCUT2D eigenvalue weighted by Crippen LogP contribution is -2.15. The molecule has 0 amide bonds. The molecule has 1 atom stereocenters. The molecule has 1 rings (SSSR count). The van der Waals surface area contributed by atoms with Gasteiger partial charge >= 0.3 is 0 Å². The Morgan fingerprint density at radius 2 is 2.00 bits per heavy atom. The fourth-order valence-corrected chi connectivity index (χ4v) is 1.51. The van der Waals surface area contributed by atoms with Crippen LogP contribution < -0.4 is 5.32 Å². The molecule has 90 valence electrons. The first-order chi connectivity index (χ1) is 7.72. The Bertz CT molecular complexity index is 286. The molecule has 0 bridgehead atoms. The van der Waals surface area contributed by atoms with Crippen molar-refractivity contribution in [2.45, 2.75) is 32.8 Å². The van der Waals surface area contributed by atoms with Gasteiger partial charge in [-0.25, -0.2) is 4.39 Å². The first kappa shape index (κ1) is 13.0. The Morgan fingerprint density at radius 1 is 1.31 bits per heavy atom. The van der Waals surface area contributed by atoms with Crippen molar-refractivity contribution in [2.75, 3.05) is 18.5 Å². The molecule has 16 heavy (non-hydrogen) atoms. The zero-order valence-corrected chi connectivity index (χ0v) is 10.0. The third kappa shape index (κ3) is 5.12. The van der Waals surface area contributed by atoms with Crippen LogP contribution in [0.5, 0.6) is 0 Å². The second-order valence-corrected chi connectivity index (χ2v) is 3.90. The highest BCUT2D eigenvalue weighted by molar-refractivity contribution is 5.42. The summed E-state index contributed by atoms with van der Waals surface area (Å²) in [4.78, 5) is 0. The van der Waals surface area contributed by atoms with Crippen molar-refractivity contribution in [3.8, 4) is 0 Å². The van der Waals surface area contributed by atoms with Crippen LogP contribution >= 0.6 is 0 Å². The Balaban J connectivity index is 2.13. The summed E-state index contributed by atoms with van der Waals surface area (Å²) in [6.07, 6.45) is 2.56. The van der Waals surface area contributed by atoms with E-state index in [1.54, 1.807) is 12.1 Å². The monoisotopic (exact) mass is 225 g/mol. The number of anilines is 1. The molecule has 2 nitrogen and oxygen atoms in total. The molecular formula is C13H20FNO. The molecule has 0 aliphatic heterocycles. The molecule has 1 unspecified atom stereocenters. The van der Waals surface area contributed by atoms with Crippen LogP contribution in [0.2, 0.25) is 0 Å². The number of hydrogen-bond acceptors (Lipinski definition) is 2. The molecule has 0 saturated heterocycles. The van der Waals surface area contributed by atoms with Crippen molar-refractivity contribution >= 4 is 5.69 Å². The summed E-state index contributed by atoms with van der Waals surface area (Å²) in [5, 5.41) is 3.18. The van der Waals surface area contributed by atoms with E-state index in [1.165, 1.54) is 12.1 Å². The summed E-state index contributed by atoms with van der Waals surface area (Å²) in [7, 11) is 0. The standard InChI is InChI=1S/C13H20FNO/c1-3-4-11(2)16-10-9-15-13-7-5-12(14)6-8-13/h5-8,11,15H,3-4,9-10H2,1-2H3. The fraction of sp³-hybridized carbons (Fsp3) is 0.538. The van der Waals surface area contributed by atoms with Crippen LogP contribution in [0.25, 0.3) is 0 Å². The van der Waals surface area contributed by atoms with Gasteiger partial charge in [-0.1, -0.05) is 13.3 Å². The van der Waals surface area contributed by atoms with Gasteiger partial charge in [0, 0.05) is 12.2 Å². The van der Waals surface area contributed by atoms with Crippen molar-refractivity contribution < 1.29 is 9.13 Å². The van der Waals surface area contributed by atoms with Gasteiger partial charge in [0.25, 0.3) is 0 Å². The Hall–Kier alpha value is -1.09. The van der Waals surface area contributed by atoms with E-state index < -0.39 is 0 Å². The van der Waals surface area contributed by atoms with Crippen molar-refractivity contribution in [1.82, 2.24) is 0 Å². The summed E-state index contributed by atoms with van der Waals surface area (Å²) in [5.74, 6) is -0.210. The van der Waals surface area contributed by atoms with Crippen molar-refractivity contribution in [3.63, 3.8) is 0 Å². The lowest BCUT2D eigenvalue weighted by Gasteiger charge is -2.12. The van der Waals surface area contributed by atoms with E-state index in [0.717, 1.165) is 25.1 Å². The van der Waals surface area contributed by atoms with Crippen LogP contribution in [0.4, 0.5) is 10.1 Å². The molecule has 0 fully saturated rings. The van der Waals surface area contributed by atoms with Crippen LogP contribution in [-0.4, -0.2) is 19.3 Å². The normalized spacial score (nSPS) is 12.4. The van der Waals surface area contributed by atoms with Gasteiger partial charge in [-0.3, -0.25) is 0 Å². The maximum absolute atomic E-state index is 12.6. The van der Waals surface area contributed by atoms with Crippen LogP contribution in [-0.2, 0) is 4.74 Å². The minimum atomic E-state index is -0.210. The summed E-state index contributed by atoms with van der Waals surface area (Å²) in [5.41, 5.74) is 0.924. The number of benzene rings is 1. The van der Waals surface area contributed by atoms with Crippen molar-refractivity contribution in [2.24, 2.45) is 0 Å². The van der Waals surface area contributed by atoms with Gasteiger partial charge in [-0.2, -0.15) is 0 Å².